The van der Waals surface area contributed by atoms with Gasteiger partial charge in [0.25, 0.3) is 0 Å². The van der Waals surface area contributed by atoms with E-state index in [2.05, 4.69) is 22.0 Å². The van der Waals surface area contributed by atoms with Crippen molar-refractivity contribution in [1.29, 1.82) is 0 Å². The van der Waals surface area contributed by atoms with Gasteiger partial charge in [-0.05, 0) is 18.1 Å². The molecule has 1 aromatic carbocycles. The Labute approximate surface area is 98.7 Å². The molecular formula is C12H15BrO2. The first-order valence-electron chi connectivity index (χ1n) is 4.82. The minimum atomic E-state index is 0.00850. The molecule has 0 radical (unpaired) electrons. The standard InChI is InChI=1S/C12H15BrO2/c1-15-12-8-10(4-2-3-7-13)5-6-11(12)9-14/h2,4-6,8,14H,3,7,9H2,1H3. The van der Waals surface area contributed by atoms with E-state index in [-0.39, 0.29) is 6.61 Å². The molecule has 0 amide bonds. The summed E-state index contributed by atoms with van der Waals surface area (Å²) in [5, 5.41) is 10.0. The fourth-order valence-electron chi connectivity index (χ4n) is 1.28. The predicted octanol–water partition coefficient (Wildman–Crippen LogP) is 2.99. The Morgan fingerprint density at radius 2 is 2.27 bits per heavy atom. The van der Waals surface area contributed by atoms with E-state index >= 15 is 0 Å². The lowest BCUT2D eigenvalue weighted by Gasteiger charge is -2.06. The van der Waals surface area contributed by atoms with Crippen molar-refractivity contribution in [1.82, 2.24) is 0 Å². The van der Waals surface area contributed by atoms with Crippen LogP contribution in [0.4, 0.5) is 0 Å². The first kappa shape index (κ1) is 12.3. The Balaban J connectivity index is 2.83. The maximum atomic E-state index is 9.05. The minimum Gasteiger partial charge on any atom is -0.496 e. The van der Waals surface area contributed by atoms with Gasteiger partial charge < -0.3 is 9.84 Å². The van der Waals surface area contributed by atoms with Gasteiger partial charge in [-0.1, -0.05) is 40.2 Å². The van der Waals surface area contributed by atoms with E-state index in [1.54, 1.807) is 7.11 Å². The number of aliphatic hydroxyl groups excluding tert-OH is 1. The zero-order chi connectivity index (χ0) is 11.1. The Bertz CT molecular complexity index is 334. The molecule has 15 heavy (non-hydrogen) atoms. The molecule has 0 bridgehead atoms. The predicted molar refractivity (Wildman–Crippen MR) is 66.4 cm³/mol. The van der Waals surface area contributed by atoms with Gasteiger partial charge in [0.05, 0.1) is 13.7 Å². The molecule has 0 aliphatic rings. The molecule has 0 fully saturated rings. The molecule has 0 heterocycles. The van der Waals surface area contributed by atoms with Crippen LogP contribution < -0.4 is 4.74 Å². The summed E-state index contributed by atoms with van der Waals surface area (Å²) < 4.78 is 5.18. The summed E-state index contributed by atoms with van der Waals surface area (Å²) in [4.78, 5) is 0. The third-order valence-corrected chi connectivity index (χ3v) is 2.53. The van der Waals surface area contributed by atoms with E-state index in [4.69, 9.17) is 9.84 Å². The monoisotopic (exact) mass is 270 g/mol. The number of rotatable bonds is 5. The highest BCUT2D eigenvalue weighted by Crippen LogP contribution is 2.20. The van der Waals surface area contributed by atoms with Crippen molar-refractivity contribution < 1.29 is 9.84 Å². The van der Waals surface area contributed by atoms with Gasteiger partial charge in [-0.3, -0.25) is 0 Å². The molecule has 3 heteroatoms. The van der Waals surface area contributed by atoms with Crippen LogP contribution in [0.1, 0.15) is 17.5 Å². The second-order valence-corrected chi connectivity index (χ2v) is 3.90. The molecule has 0 saturated carbocycles. The average Bonchev–Trinajstić information content (AvgIpc) is 2.29. The van der Waals surface area contributed by atoms with Gasteiger partial charge in [0, 0.05) is 10.9 Å². The number of ether oxygens (including phenoxy) is 1. The number of benzene rings is 1. The lowest BCUT2D eigenvalue weighted by molar-refractivity contribution is 0.274. The number of allylic oxidation sites excluding steroid dienone is 1. The zero-order valence-electron chi connectivity index (χ0n) is 8.74. The van der Waals surface area contributed by atoms with Crippen LogP contribution in [-0.2, 0) is 6.61 Å². The van der Waals surface area contributed by atoms with Crippen molar-refractivity contribution in [2.75, 3.05) is 12.4 Å². The summed E-state index contributed by atoms with van der Waals surface area (Å²) in [6.45, 7) is 0.00850. The van der Waals surface area contributed by atoms with E-state index in [0.717, 1.165) is 28.6 Å². The topological polar surface area (TPSA) is 29.5 Å². The molecule has 82 valence electrons. The first-order chi connectivity index (χ1) is 7.31. The molecule has 0 aliphatic carbocycles. The largest absolute Gasteiger partial charge is 0.496 e. The van der Waals surface area contributed by atoms with Crippen LogP contribution >= 0.6 is 15.9 Å². The van der Waals surface area contributed by atoms with E-state index in [1.807, 2.05) is 24.3 Å². The number of methoxy groups -OCH3 is 1. The number of aliphatic hydroxyl groups is 1. The average molecular weight is 271 g/mol. The van der Waals surface area contributed by atoms with Gasteiger partial charge in [-0.25, -0.2) is 0 Å². The van der Waals surface area contributed by atoms with Crippen LogP contribution in [0.25, 0.3) is 6.08 Å². The van der Waals surface area contributed by atoms with Crippen molar-refractivity contribution in [3.8, 4) is 5.75 Å². The summed E-state index contributed by atoms with van der Waals surface area (Å²) in [5.74, 6) is 0.735. The van der Waals surface area contributed by atoms with Crippen molar-refractivity contribution in [2.24, 2.45) is 0 Å². The highest BCUT2D eigenvalue weighted by atomic mass is 79.9. The molecule has 0 spiro atoms. The Hall–Kier alpha value is -0.800. The van der Waals surface area contributed by atoms with Crippen LogP contribution in [0, 0.1) is 0 Å². The van der Waals surface area contributed by atoms with Gasteiger partial charge >= 0.3 is 0 Å². The number of halogens is 1. The summed E-state index contributed by atoms with van der Waals surface area (Å²) >= 11 is 3.36. The third-order valence-electron chi connectivity index (χ3n) is 2.07. The normalized spacial score (nSPS) is 10.9. The lowest BCUT2D eigenvalue weighted by atomic mass is 10.1. The van der Waals surface area contributed by atoms with Gasteiger partial charge in [0.15, 0.2) is 0 Å². The third kappa shape index (κ3) is 3.68. The van der Waals surface area contributed by atoms with E-state index < -0.39 is 0 Å². The molecular weight excluding hydrogens is 256 g/mol. The number of alkyl halides is 1. The minimum absolute atomic E-state index is 0.00850. The lowest BCUT2D eigenvalue weighted by Crippen LogP contribution is -1.91. The molecule has 0 unspecified atom stereocenters. The Morgan fingerprint density at radius 3 is 2.87 bits per heavy atom. The summed E-state index contributed by atoms with van der Waals surface area (Å²) in [7, 11) is 1.61. The SMILES string of the molecule is COc1cc(C=CCCBr)ccc1CO. The molecule has 0 aromatic heterocycles. The van der Waals surface area contributed by atoms with E-state index in [0.29, 0.717) is 0 Å². The molecule has 1 rings (SSSR count). The van der Waals surface area contributed by atoms with E-state index in [9.17, 15) is 0 Å². The van der Waals surface area contributed by atoms with Gasteiger partial charge in [-0.15, -0.1) is 0 Å². The molecule has 2 nitrogen and oxygen atoms in total. The van der Waals surface area contributed by atoms with Gasteiger partial charge in [0.2, 0.25) is 0 Å². The Morgan fingerprint density at radius 1 is 1.47 bits per heavy atom. The zero-order valence-corrected chi connectivity index (χ0v) is 10.3. The van der Waals surface area contributed by atoms with Gasteiger partial charge in [-0.2, -0.15) is 0 Å². The van der Waals surface area contributed by atoms with Crippen molar-refractivity contribution >= 4 is 22.0 Å². The first-order valence-corrected chi connectivity index (χ1v) is 5.94. The van der Waals surface area contributed by atoms with Crippen LogP contribution in [0.5, 0.6) is 5.75 Å². The molecule has 1 aromatic rings. The Kier molecular flexibility index (Phi) is 5.43. The van der Waals surface area contributed by atoms with E-state index in [1.165, 1.54) is 0 Å². The molecule has 0 atom stereocenters. The smallest absolute Gasteiger partial charge is 0.124 e. The summed E-state index contributed by atoms with van der Waals surface area (Å²) in [6.07, 6.45) is 5.15. The van der Waals surface area contributed by atoms with Crippen LogP contribution in [-0.4, -0.2) is 17.5 Å². The van der Waals surface area contributed by atoms with Crippen molar-refractivity contribution in [2.45, 2.75) is 13.0 Å². The fraction of sp³-hybridized carbons (Fsp3) is 0.333. The van der Waals surface area contributed by atoms with Gasteiger partial charge in [0.1, 0.15) is 5.75 Å². The second kappa shape index (κ2) is 6.64. The molecule has 1 N–H and O–H groups in total. The number of hydrogen-bond acceptors (Lipinski definition) is 2. The molecule has 0 aliphatic heterocycles. The van der Waals surface area contributed by atoms with Crippen molar-refractivity contribution in [3.05, 3.63) is 35.4 Å². The second-order valence-electron chi connectivity index (χ2n) is 3.11. The fourth-order valence-corrected chi connectivity index (χ4v) is 1.54. The van der Waals surface area contributed by atoms with Crippen LogP contribution in [0.3, 0.4) is 0 Å². The van der Waals surface area contributed by atoms with Crippen LogP contribution in [0.15, 0.2) is 24.3 Å². The molecule has 0 saturated heterocycles. The summed E-state index contributed by atoms with van der Waals surface area (Å²) in [6, 6.07) is 5.78. The summed E-state index contributed by atoms with van der Waals surface area (Å²) in [5.41, 5.74) is 1.90. The maximum Gasteiger partial charge on any atom is 0.124 e. The van der Waals surface area contributed by atoms with Crippen molar-refractivity contribution in [3.63, 3.8) is 0 Å². The highest BCUT2D eigenvalue weighted by molar-refractivity contribution is 9.09. The van der Waals surface area contributed by atoms with Crippen LogP contribution in [0.2, 0.25) is 0 Å². The highest BCUT2D eigenvalue weighted by Gasteiger charge is 2.01. The number of hydrogen-bond donors (Lipinski definition) is 1. The quantitative estimate of drug-likeness (QED) is 0.834. The maximum absolute atomic E-state index is 9.05.